The Hall–Kier alpha value is 0.0869. The minimum absolute atomic E-state index is 0.175. The van der Waals surface area contributed by atoms with Crippen LogP contribution in [0.2, 0.25) is 18.1 Å². The molecule has 104 valence electrons. The highest BCUT2D eigenvalue weighted by Gasteiger charge is 2.36. The second-order valence-corrected chi connectivity index (χ2v) is 12.4. The lowest BCUT2D eigenvalue weighted by Crippen LogP contribution is -2.41. The van der Waals surface area contributed by atoms with Gasteiger partial charge in [0.05, 0.1) is 12.4 Å². The molecule has 0 saturated heterocycles. The summed E-state index contributed by atoms with van der Waals surface area (Å²) in [7, 11) is -5.10. The molecule has 0 aromatic carbocycles. The van der Waals surface area contributed by atoms with Crippen molar-refractivity contribution in [2.24, 2.45) is 0 Å². The fourth-order valence-electron chi connectivity index (χ4n) is 1.04. The average Bonchev–Trinajstić information content (AvgIpc) is 1.97. The van der Waals surface area contributed by atoms with Crippen molar-refractivity contribution in [2.45, 2.75) is 58.4 Å². The molecule has 0 spiro atoms. The van der Waals surface area contributed by atoms with Gasteiger partial charge in [-0.2, -0.15) is 8.42 Å². The lowest BCUT2D eigenvalue weighted by Gasteiger charge is -2.36. The maximum atomic E-state index is 10.9. The molecule has 0 aromatic rings. The van der Waals surface area contributed by atoms with E-state index in [4.69, 9.17) is 8.61 Å². The Labute approximate surface area is 107 Å². The molecule has 0 amide bonds. The van der Waals surface area contributed by atoms with Crippen molar-refractivity contribution in [3.63, 3.8) is 0 Å². The molecule has 0 radical (unpaired) electrons. The summed E-state index contributed by atoms with van der Waals surface area (Å²) in [6, 6.07) is 0. The smallest absolute Gasteiger partial charge is 0.264 e. The molecular weight excluding hydrogens is 256 g/mol. The molecule has 0 unspecified atom stereocenters. The van der Waals surface area contributed by atoms with Crippen LogP contribution in [-0.4, -0.2) is 35.7 Å². The predicted octanol–water partition coefficient (Wildman–Crippen LogP) is 2.76. The SMILES string of the molecule is C[C@@H](CCO[Si](C)(C)C(C)(C)C)OS(C)(=O)=O. The highest BCUT2D eigenvalue weighted by Crippen LogP contribution is 2.36. The third-order valence-electron chi connectivity index (χ3n) is 3.13. The van der Waals surface area contributed by atoms with Crippen LogP contribution >= 0.6 is 0 Å². The van der Waals surface area contributed by atoms with E-state index in [9.17, 15) is 8.42 Å². The van der Waals surface area contributed by atoms with E-state index >= 15 is 0 Å². The molecule has 0 N–H and O–H groups in total. The van der Waals surface area contributed by atoms with Gasteiger partial charge < -0.3 is 4.43 Å². The third-order valence-corrected chi connectivity index (χ3v) is 8.35. The van der Waals surface area contributed by atoms with Crippen LogP contribution in [0.5, 0.6) is 0 Å². The van der Waals surface area contributed by atoms with Gasteiger partial charge in [-0.05, 0) is 31.5 Å². The largest absolute Gasteiger partial charge is 0.417 e. The Morgan fingerprint density at radius 2 is 1.71 bits per heavy atom. The van der Waals surface area contributed by atoms with Crippen molar-refractivity contribution in [1.82, 2.24) is 0 Å². The normalized spacial score (nSPS) is 15.9. The molecule has 0 rings (SSSR count). The van der Waals surface area contributed by atoms with Crippen LogP contribution in [0.3, 0.4) is 0 Å². The third kappa shape index (κ3) is 7.18. The standard InChI is InChI=1S/C11H26O4SSi/c1-10(15-16(5,12)13)8-9-14-17(6,7)11(2,3)4/h10H,8-9H2,1-7H3/t10-/m0/s1. The molecule has 0 aliphatic heterocycles. The van der Waals surface area contributed by atoms with Crippen molar-refractivity contribution in [3.05, 3.63) is 0 Å². The molecule has 0 aliphatic carbocycles. The quantitative estimate of drug-likeness (QED) is 0.555. The molecule has 0 aromatic heterocycles. The summed E-state index contributed by atoms with van der Waals surface area (Å²) in [5, 5.41) is 0.175. The van der Waals surface area contributed by atoms with Crippen LogP contribution in [-0.2, 0) is 18.7 Å². The van der Waals surface area contributed by atoms with Crippen molar-refractivity contribution in [2.75, 3.05) is 12.9 Å². The summed E-state index contributed by atoms with van der Waals surface area (Å²) in [4.78, 5) is 0. The minimum Gasteiger partial charge on any atom is -0.417 e. The van der Waals surface area contributed by atoms with Gasteiger partial charge in [-0.15, -0.1) is 0 Å². The van der Waals surface area contributed by atoms with Gasteiger partial charge in [-0.3, -0.25) is 4.18 Å². The Balaban J connectivity index is 4.09. The van der Waals surface area contributed by atoms with Gasteiger partial charge in [0.2, 0.25) is 0 Å². The van der Waals surface area contributed by atoms with E-state index in [1.165, 1.54) is 0 Å². The van der Waals surface area contributed by atoms with Gasteiger partial charge in [0.25, 0.3) is 10.1 Å². The first kappa shape index (κ1) is 17.1. The van der Waals surface area contributed by atoms with E-state index in [-0.39, 0.29) is 11.1 Å². The Morgan fingerprint density at radius 3 is 2.06 bits per heavy atom. The Kier molecular flexibility index (Phi) is 5.85. The molecule has 0 saturated carbocycles. The maximum Gasteiger partial charge on any atom is 0.264 e. The zero-order valence-corrected chi connectivity index (χ0v) is 13.8. The molecule has 17 heavy (non-hydrogen) atoms. The Morgan fingerprint density at radius 1 is 1.24 bits per heavy atom. The van der Waals surface area contributed by atoms with Crippen LogP contribution in [0.15, 0.2) is 0 Å². The summed E-state index contributed by atoms with van der Waals surface area (Å²) in [5.41, 5.74) is 0. The summed E-state index contributed by atoms with van der Waals surface area (Å²) in [6.45, 7) is 13.2. The Bertz CT molecular complexity index is 330. The van der Waals surface area contributed by atoms with Crippen molar-refractivity contribution in [3.8, 4) is 0 Å². The predicted molar refractivity (Wildman–Crippen MR) is 73.2 cm³/mol. The molecule has 1 atom stereocenters. The van der Waals surface area contributed by atoms with Gasteiger partial charge in [0.15, 0.2) is 8.32 Å². The van der Waals surface area contributed by atoms with E-state index in [0.717, 1.165) is 6.26 Å². The molecule has 0 bridgehead atoms. The monoisotopic (exact) mass is 282 g/mol. The maximum absolute atomic E-state index is 10.9. The molecule has 0 fully saturated rings. The average molecular weight is 282 g/mol. The summed E-state index contributed by atoms with van der Waals surface area (Å²) in [5.74, 6) is 0. The first-order chi connectivity index (χ1) is 7.35. The van der Waals surface area contributed by atoms with Crippen LogP contribution in [0.25, 0.3) is 0 Å². The first-order valence-electron chi connectivity index (χ1n) is 5.87. The van der Waals surface area contributed by atoms with Gasteiger partial charge in [0, 0.05) is 6.61 Å². The van der Waals surface area contributed by atoms with Gasteiger partial charge in [0.1, 0.15) is 0 Å². The van der Waals surface area contributed by atoms with E-state index in [1.807, 2.05) is 0 Å². The highest BCUT2D eigenvalue weighted by molar-refractivity contribution is 7.86. The lowest BCUT2D eigenvalue weighted by molar-refractivity contribution is 0.178. The van der Waals surface area contributed by atoms with Crippen molar-refractivity contribution >= 4 is 18.4 Å². The molecule has 6 heteroatoms. The zero-order valence-electron chi connectivity index (χ0n) is 12.0. The fraction of sp³-hybridized carbons (Fsp3) is 1.00. The number of hydrogen-bond acceptors (Lipinski definition) is 4. The zero-order chi connectivity index (χ0) is 13.9. The second-order valence-electron chi connectivity index (χ2n) is 6.01. The summed E-state index contributed by atoms with van der Waals surface area (Å²) in [6.07, 6.45) is 1.34. The van der Waals surface area contributed by atoms with E-state index in [1.54, 1.807) is 6.92 Å². The lowest BCUT2D eigenvalue weighted by atomic mass is 10.2. The van der Waals surface area contributed by atoms with Gasteiger partial charge in [-0.1, -0.05) is 20.8 Å². The van der Waals surface area contributed by atoms with Gasteiger partial charge >= 0.3 is 0 Å². The number of rotatable bonds is 6. The fourth-order valence-corrected chi connectivity index (χ4v) is 2.80. The highest BCUT2D eigenvalue weighted by atomic mass is 32.2. The topological polar surface area (TPSA) is 52.6 Å². The van der Waals surface area contributed by atoms with E-state index in [2.05, 4.69) is 33.9 Å². The first-order valence-corrected chi connectivity index (χ1v) is 10.6. The van der Waals surface area contributed by atoms with Crippen LogP contribution in [0, 0.1) is 0 Å². The summed E-state index contributed by atoms with van der Waals surface area (Å²) >= 11 is 0. The van der Waals surface area contributed by atoms with E-state index < -0.39 is 18.4 Å². The van der Waals surface area contributed by atoms with E-state index in [0.29, 0.717) is 13.0 Å². The van der Waals surface area contributed by atoms with Crippen molar-refractivity contribution in [1.29, 1.82) is 0 Å². The van der Waals surface area contributed by atoms with Gasteiger partial charge in [-0.25, -0.2) is 0 Å². The molecule has 0 aliphatic rings. The minimum atomic E-state index is -3.36. The molecule has 4 nitrogen and oxygen atoms in total. The van der Waals surface area contributed by atoms with Crippen molar-refractivity contribution < 1.29 is 17.0 Å². The molecule has 0 heterocycles. The second kappa shape index (κ2) is 5.82. The number of hydrogen-bond donors (Lipinski definition) is 0. The summed E-state index contributed by atoms with van der Waals surface area (Å²) < 4.78 is 32.6. The molecular formula is C11H26O4SSi. The van der Waals surface area contributed by atoms with Crippen LogP contribution < -0.4 is 0 Å². The van der Waals surface area contributed by atoms with Crippen LogP contribution in [0.1, 0.15) is 34.1 Å². The van der Waals surface area contributed by atoms with Crippen LogP contribution in [0.4, 0.5) is 0 Å².